The number of furan rings is 1. The second-order valence-corrected chi connectivity index (χ2v) is 6.03. The largest absolute Gasteiger partial charge is 0.451 e. The molecule has 2 fully saturated rings. The van der Waals surface area contributed by atoms with Gasteiger partial charge in [0.25, 0.3) is 5.91 Å². The lowest BCUT2D eigenvalue weighted by Crippen LogP contribution is -2.42. The first kappa shape index (κ1) is 16.0. The summed E-state index contributed by atoms with van der Waals surface area (Å²) in [6.07, 6.45) is 3.31. The Morgan fingerprint density at radius 3 is 2.61 bits per heavy atom. The molecule has 2 saturated heterocycles. The highest BCUT2D eigenvalue weighted by atomic mass is 35.5. The van der Waals surface area contributed by atoms with Crippen LogP contribution in [0.25, 0.3) is 11.3 Å². The molecule has 2 bridgehead atoms. The summed E-state index contributed by atoms with van der Waals surface area (Å²) >= 11 is 0. The Morgan fingerprint density at radius 1 is 1.17 bits per heavy atom. The van der Waals surface area contributed by atoms with Crippen LogP contribution in [0.2, 0.25) is 0 Å². The van der Waals surface area contributed by atoms with E-state index in [0.29, 0.717) is 23.6 Å². The van der Waals surface area contributed by atoms with Crippen molar-refractivity contribution < 1.29 is 13.6 Å². The maximum Gasteiger partial charge on any atom is 0.287 e. The molecule has 3 atom stereocenters. The summed E-state index contributed by atoms with van der Waals surface area (Å²) in [6.45, 7) is 0. The number of rotatable bonds is 3. The Morgan fingerprint density at radius 2 is 1.96 bits per heavy atom. The van der Waals surface area contributed by atoms with Gasteiger partial charge in [0, 0.05) is 23.7 Å². The summed E-state index contributed by atoms with van der Waals surface area (Å²) in [4.78, 5) is 12.3. The van der Waals surface area contributed by atoms with E-state index >= 15 is 0 Å². The first-order chi connectivity index (χ1) is 10.7. The SMILES string of the molecule is Cl.O=C(N[C@@H]1C[C@H]2CC[C@@H]1N2)c1ccc(-c2ccc(F)cc2)o1. The van der Waals surface area contributed by atoms with Crippen LogP contribution in [-0.4, -0.2) is 24.0 Å². The molecule has 0 spiro atoms. The van der Waals surface area contributed by atoms with Crippen molar-refractivity contribution in [2.45, 2.75) is 37.4 Å². The molecular formula is C17H18ClFN2O2. The zero-order valence-corrected chi connectivity index (χ0v) is 13.2. The minimum Gasteiger partial charge on any atom is -0.451 e. The summed E-state index contributed by atoms with van der Waals surface area (Å²) in [5.74, 6) is 0.378. The van der Waals surface area contributed by atoms with Crippen LogP contribution < -0.4 is 10.6 Å². The van der Waals surface area contributed by atoms with Crippen LogP contribution in [0.15, 0.2) is 40.8 Å². The van der Waals surface area contributed by atoms with Gasteiger partial charge in [-0.1, -0.05) is 0 Å². The van der Waals surface area contributed by atoms with E-state index in [1.54, 1.807) is 24.3 Å². The summed E-state index contributed by atoms with van der Waals surface area (Å²) in [7, 11) is 0. The van der Waals surface area contributed by atoms with E-state index in [0.717, 1.165) is 18.4 Å². The van der Waals surface area contributed by atoms with Crippen LogP contribution in [0, 0.1) is 5.82 Å². The highest BCUT2D eigenvalue weighted by Gasteiger charge is 2.39. The number of hydrogen-bond acceptors (Lipinski definition) is 3. The van der Waals surface area contributed by atoms with Crippen LogP contribution in [-0.2, 0) is 0 Å². The minimum absolute atomic E-state index is 0. The van der Waals surface area contributed by atoms with Crippen molar-refractivity contribution in [2.75, 3.05) is 0 Å². The third kappa shape index (κ3) is 3.12. The summed E-state index contributed by atoms with van der Waals surface area (Å²) in [5.41, 5.74) is 0.752. The van der Waals surface area contributed by atoms with Gasteiger partial charge < -0.3 is 15.1 Å². The predicted molar refractivity (Wildman–Crippen MR) is 87.2 cm³/mol. The van der Waals surface area contributed by atoms with Crippen molar-refractivity contribution >= 4 is 18.3 Å². The fourth-order valence-electron chi connectivity index (χ4n) is 3.45. The molecule has 6 heteroatoms. The molecule has 3 heterocycles. The van der Waals surface area contributed by atoms with Crippen molar-refractivity contribution in [2.24, 2.45) is 0 Å². The van der Waals surface area contributed by atoms with Crippen LogP contribution in [0.1, 0.15) is 29.8 Å². The molecule has 122 valence electrons. The van der Waals surface area contributed by atoms with Gasteiger partial charge in [-0.25, -0.2) is 4.39 Å². The minimum atomic E-state index is -0.294. The van der Waals surface area contributed by atoms with Crippen molar-refractivity contribution in [1.82, 2.24) is 10.6 Å². The number of halogens is 2. The molecule has 4 nitrogen and oxygen atoms in total. The fourth-order valence-corrected chi connectivity index (χ4v) is 3.45. The fraction of sp³-hybridized carbons (Fsp3) is 0.353. The Labute approximate surface area is 139 Å². The zero-order valence-electron chi connectivity index (χ0n) is 12.4. The molecule has 2 aromatic rings. The predicted octanol–water partition coefficient (Wildman–Crippen LogP) is 3.13. The van der Waals surface area contributed by atoms with Crippen molar-refractivity contribution in [3.63, 3.8) is 0 Å². The smallest absolute Gasteiger partial charge is 0.287 e. The third-order valence-corrected chi connectivity index (χ3v) is 4.58. The Kier molecular flexibility index (Phi) is 4.41. The summed E-state index contributed by atoms with van der Waals surface area (Å²) in [6, 6.07) is 10.5. The molecule has 2 aliphatic heterocycles. The number of carbonyl (C=O) groups excluding carboxylic acids is 1. The van der Waals surface area contributed by atoms with Gasteiger partial charge in [-0.05, 0) is 55.7 Å². The third-order valence-electron chi connectivity index (χ3n) is 4.58. The van der Waals surface area contributed by atoms with Gasteiger partial charge in [0.05, 0.1) is 0 Å². The van der Waals surface area contributed by atoms with Gasteiger partial charge in [0.2, 0.25) is 0 Å². The van der Waals surface area contributed by atoms with E-state index in [9.17, 15) is 9.18 Å². The maximum atomic E-state index is 12.9. The first-order valence-corrected chi connectivity index (χ1v) is 7.62. The second-order valence-electron chi connectivity index (χ2n) is 6.03. The molecular weight excluding hydrogens is 319 g/mol. The zero-order chi connectivity index (χ0) is 15.1. The van der Waals surface area contributed by atoms with Gasteiger partial charge >= 0.3 is 0 Å². The number of hydrogen-bond donors (Lipinski definition) is 2. The lowest BCUT2D eigenvalue weighted by Gasteiger charge is -2.20. The molecule has 1 aromatic carbocycles. The van der Waals surface area contributed by atoms with Crippen LogP contribution in [0.3, 0.4) is 0 Å². The van der Waals surface area contributed by atoms with Crippen LogP contribution in [0.5, 0.6) is 0 Å². The van der Waals surface area contributed by atoms with E-state index in [1.807, 2.05) is 0 Å². The van der Waals surface area contributed by atoms with Gasteiger partial charge in [0.15, 0.2) is 5.76 Å². The molecule has 2 N–H and O–H groups in total. The highest BCUT2D eigenvalue weighted by Crippen LogP contribution is 2.29. The lowest BCUT2D eigenvalue weighted by atomic mass is 9.95. The quantitative estimate of drug-likeness (QED) is 0.905. The number of nitrogens with one attached hydrogen (secondary N) is 2. The molecule has 0 saturated carbocycles. The Bertz CT molecular complexity index is 701. The molecule has 4 rings (SSSR count). The van der Waals surface area contributed by atoms with Crippen molar-refractivity contribution in [3.8, 4) is 11.3 Å². The summed E-state index contributed by atoms with van der Waals surface area (Å²) in [5, 5.41) is 6.54. The molecule has 1 aromatic heterocycles. The van der Waals surface area contributed by atoms with Crippen molar-refractivity contribution in [3.05, 3.63) is 48.0 Å². The second kappa shape index (κ2) is 6.34. The standard InChI is InChI=1S/C17H17FN2O2.ClH/c18-11-3-1-10(2-4-11)15-7-8-16(22-15)17(21)20-14-9-12-5-6-13(14)19-12;/h1-4,7-8,12-14,19H,5-6,9H2,(H,20,21);1H/t12-,13+,14-;/m1./s1. The number of carbonyl (C=O) groups is 1. The van der Waals surface area contributed by atoms with E-state index < -0.39 is 0 Å². The van der Waals surface area contributed by atoms with Crippen molar-refractivity contribution in [1.29, 1.82) is 0 Å². The van der Waals surface area contributed by atoms with E-state index in [4.69, 9.17) is 4.42 Å². The van der Waals surface area contributed by atoms with Crippen LogP contribution >= 0.6 is 12.4 Å². The lowest BCUT2D eigenvalue weighted by molar-refractivity contribution is 0.0903. The molecule has 23 heavy (non-hydrogen) atoms. The molecule has 1 amide bonds. The monoisotopic (exact) mass is 336 g/mol. The van der Waals surface area contributed by atoms with Gasteiger partial charge in [0.1, 0.15) is 11.6 Å². The Hall–Kier alpha value is -1.85. The molecule has 0 unspecified atom stereocenters. The number of fused-ring (bicyclic) bond motifs is 2. The van der Waals surface area contributed by atoms with Gasteiger partial charge in [-0.2, -0.15) is 0 Å². The normalized spacial score (nSPS) is 25.2. The highest BCUT2D eigenvalue weighted by molar-refractivity contribution is 5.92. The average molecular weight is 337 g/mol. The van der Waals surface area contributed by atoms with E-state index in [1.165, 1.54) is 18.6 Å². The molecule has 0 radical (unpaired) electrons. The average Bonchev–Trinajstić information content (AvgIpc) is 3.24. The topological polar surface area (TPSA) is 54.3 Å². The van der Waals surface area contributed by atoms with Gasteiger partial charge in [-0.3, -0.25) is 4.79 Å². The molecule has 2 aliphatic rings. The molecule has 0 aliphatic carbocycles. The number of benzene rings is 1. The Balaban J connectivity index is 0.00000156. The maximum absolute atomic E-state index is 12.9. The van der Waals surface area contributed by atoms with E-state index in [-0.39, 0.29) is 30.2 Å². The van der Waals surface area contributed by atoms with Crippen LogP contribution in [0.4, 0.5) is 4.39 Å². The number of amides is 1. The van der Waals surface area contributed by atoms with E-state index in [2.05, 4.69) is 10.6 Å². The first-order valence-electron chi connectivity index (χ1n) is 7.62. The van der Waals surface area contributed by atoms with Gasteiger partial charge in [-0.15, -0.1) is 12.4 Å². The summed E-state index contributed by atoms with van der Waals surface area (Å²) < 4.78 is 18.5.